The molecule has 0 atom stereocenters. The summed E-state index contributed by atoms with van der Waals surface area (Å²) in [6.07, 6.45) is 2.31. The summed E-state index contributed by atoms with van der Waals surface area (Å²) in [4.78, 5) is 9.47. The van der Waals surface area contributed by atoms with Crippen molar-refractivity contribution in [1.82, 2.24) is 0 Å². The maximum absolute atomic E-state index is 9.47. The molecule has 1 rings (SSSR count). The lowest BCUT2D eigenvalue weighted by atomic mass is 10.2. The summed E-state index contributed by atoms with van der Waals surface area (Å²) in [5.41, 5.74) is 5.97. The normalized spacial score (nSPS) is 10.2. The van der Waals surface area contributed by atoms with Crippen LogP contribution in [0.1, 0.15) is 18.9 Å². The third-order valence-corrected chi connectivity index (χ3v) is 2.48. The minimum absolute atomic E-state index is 0.481. The molecule has 0 bridgehead atoms. The van der Waals surface area contributed by atoms with E-state index in [1.165, 1.54) is 18.5 Å². The summed E-state index contributed by atoms with van der Waals surface area (Å²) < 4.78 is 1.08. The number of carbonyl (C=O) groups excluding carboxylic acids is 1. The molecule has 0 fully saturated rings. The highest BCUT2D eigenvalue weighted by Crippen LogP contribution is 2.09. The van der Waals surface area contributed by atoms with Gasteiger partial charge in [0.1, 0.15) is 6.54 Å². The molecule has 1 amide bonds. The van der Waals surface area contributed by atoms with Crippen LogP contribution in [-0.2, 0) is 11.3 Å². The Morgan fingerprint density at radius 1 is 1.33 bits per heavy atom. The van der Waals surface area contributed by atoms with E-state index in [0.29, 0.717) is 0 Å². The van der Waals surface area contributed by atoms with Gasteiger partial charge in [0.15, 0.2) is 0 Å². The molecule has 1 aromatic carbocycles. The summed E-state index contributed by atoms with van der Waals surface area (Å²) >= 11 is 0. The van der Waals surface area contributed by atoms with Crippen LogP contribution in [-0.4, -0.2) is 31.0 Å². The average molecular weight is 249 g/mol. The summed E-state index contributed by atoms with van der Waals surface area (Å²) in [6.45, 7) is 7.71. The van der Waals surface area contributed by atoms with Gasteiger partial charge in [-0.05, 0) is 12.5 Å². The first-order valence-corrected chi connectivity index (χ1v) is 6.19. The highest BCUT2D eigenvalue weighted by Gasteiger charge is 2.13. The van der Waals surface area contributed by atoms with Gasteiger partial charge in [0.25, 0.3) is 0 Å². The summed E-state index contributed by atoms with van der Waals surface area (Å²) in [7, 11) is 4.58. The van der Waals surface area contributed by atoms with Crippen molar-refractivity contribution in [2.45, 2.75) is 19.9 Å². The number of hydrogen-bond acceptors (Lipinski definition) is 1. The van der Waals surface area contributed by atoms with E-state index in [4.69, 9.17) is 0 Å². The van der Waals surface area contributed by atoms with Crippen LogP contribution in [0.4, 0.5) is 0 Å². The van der Waals surface area contributed by atoms with Gasteiger partial charge in [-0.15, -0.1) is 0 Å². The van der Waals surface area contributed by atoms with Gasteiger partial charge in [-0.25, -0.2) is 0 Å². The van der Waals surface area contributed by atoms with Crippen molar-refractivity contribution in [3.05, 3.63) is 48.6 Å². The molecule has 0 unspecified atom stereocenters. The van der Waals surface area contributed by atoms with Crippen LogP contribution >= 0.6 is 0 Å². The SMILES string of the molecule is C=CC(N)=O.CCC[N+](C)(C)Cc1ccccc1. The number of rotatable bonds is 5. The predicted molar refractivity (Wildman–Crippen MR) is 76.8 cm³/mol. The van der Waals surface area contributed by atoms with E-state index in [-0.39, 0.29) is 0 Å². The molecule has 0 aliphatic rings. The molecular formula is C15H25N2O+. The Hall–Kier alpha value is -1.61. The molecule has 1 aromatic rings. The van der Waals surface area contributed by atoms with Gasteiger partial charge < -0.3 is 10.2 Å². The monoisotopic (exact) mass is 249 g/mol. The topological polar surface area (TPSA) is 43.1 Å². The fraction of sp³-hybridized carbons (Fsp3) is 0.400. The van der Waals surface area contributed by atoms with Crippen LogP contribution in [0.25, 0.3) is 0 Å². The summed E-state index contributed by atoms with van der Waals surface area (Å²) in [6, 6.07) is 10.7. The minimum atomic E-state index is -0.481. The van der Waals surface area contributed by atoms with Crippen molar-refractivity contribution in [2.24, 2.45) is 5.73 Å². The largest absolute Gasteiger partial charge is 0.366 e. The number of quaternary nitrogens is 1. The molecular weight excluding hydrogens is 224 g/mol. The van der Waals surface area contributed by atoms with Crippen molar-refractivity contribution in [1.29, 1.82) is 0 Å². The van der Waals surface area contributed by atoms with Crippen LogP contribution in [0.15, 0.2) is 43.0 Å². The highest BCUT2D eigenvalue weighted by molar-refractivity contribution is 5.84. The number of nitrogens with zero attached hydrogens (tertiary/aromatic N) is 1. The van der Waals surface area contributed by atoms with Gasteiger partial charge in [-0.2, -0.15) is 0 Å². The molecule has 0 radical (unpaired) electrons. The molecule has 3 nitrogen and oxygen atoms in total. The lowest BCUT2D eigenvalue weighted by Crippen LogP contribution is -2.39. The third kappa shape index (κ3) is 8.53. The molecule has 3 heteroatoms. The predicted octanol–water partition coefficient (Wildman–Crippen LogP) is 2.33. The summed E-state index contributed by atoms with van der Waals surface area (Å²) in [5, 5.41) is 0. The fourth-order valence-corrected chi connectivity index (χ4v) is 1.76. The van der Waals surface area contributed by atoms with Crippen LogP contribution in [0.5, 0.6) is 0 Å². The van der Waals surface area contributed by atoms with Gasteiger partial charge >= 0.3 is 0 Å². The molecule has 2 N–H and O–H groups in total. The van der Waals surface area contributed by atoms with Gasteiger partial charge in [0.2, 0.25) is 5.91 Å². The summed E-state index contributed by atoms with van der Waals surface area (Å²) in [5.74, 6) is -0.481. The number of carbonyl (C=O) groups is 1. The Morgan fingerprint density at radius 3 is 2.22 bits per heavy atom. The number of hydrogen-bond donors (Lipinski definition) is 1. The maximum atomic E-state index is 9.47. The quantitative estimate of drug-likeness (QED) is 0.631. The van der Waals surface area contributed by atoms with E-state index in [9.17, 15) is 4.79 Å². The van der Waals surface area contributed by atoms with Crippen molar-refractivity contribution in [3.63, 3.8) is 0 Å². The van der Waals surface area contributed by atoms with Gasteiger partial charge in [0, 0.05) is 5.56 Å². The minimum Gasteiger partial charge on any atom is -0.366 e. The molecule has 18 heavy (non-hydrogen) atoms. The molecule has 0 heterocycles. The molecule has 0 aromatic heterocycles. The fourth-order valence-electron chi connectivity index (χ4n) is 1.76. The Balaban J connectivity index is 0.000000494. The average Bonchev–Trinajstić information content (AvgIpc) is 2.30. The second kappa shape index (κ2) is 8.48. The van der Waals surface area contributed by atoms with E-state index in [0.717, 1.165) is 17.1 Å². The zero-order chi connectivity index (χ0) is 14.0. The van der Waals surface area contributed by atoms with Crippen LogP contribution in [0.3, 0.4) is 0 Å². The first-order valence-electron chi connectivity index (χ1n) is 6.19. The zero-order valence-corrected chi connectivity index (χ0v) is 11.7. The molecule has 0 spiro atoms. The van der Waals surface area contributed by atoms with Crippen LogP contribution in [0.2, 0.25) is 0 Å². The van der Waals surface area contributed by atoms with Crippen molar-refractivity contribution in [3.8, 4) is 0 Å². The van der Waals surface area contributed by atoms with Gasteiger partial charge in [0.05, 0.1) is 20.6 Å². The van der Waals surface area contributed by atoms with E-state index in [2.05, 4.69) is 63.7 Å². The van der Waals surface area contributed by atoms with Crippen LogP contribution in [0, 0.1) is 0 Å². The van der Waals surface area contributed by atoms with Crippen molar-refractivity contribution in [2.75, 3.05) is 20.6 Å². The number of primary amides is 1. The van der Waals surface area contributed by atoms with E-state index < -0.39 is 5.91 Å². The van der Waals surface area contributed by atoms with Crippen molar-refractivity contribution < 1.29 is 9.28 Å². The number of benzene rings is 1. The Kier molecular flexibility index (Phi) is 7.72. The first kappa shape index (κ1) is 16.4. The Morgan fingerprint density at radius 2 is 1.83 bits per heavy atom. The lowest BCUT2D eigenvalue weighted by Gasteiger charge is -2.29. The Labute approximate surface area is 111 Å². The second-order valence-corrected chi connectivity index (χ2v) is 4.91. The van der Waals surface area contributed by atoms with Gasteiger partial charge in [-0.1, -0.05) is 43.8 Å². The second-order valence-electron chi connectivity index (χ2n) is 4.91. The lowest BCUT2D eigenvalue weighted by molar-refractivity contribution is -0.903. The standard InChI is InChI=1S/C12H20N.C3H5NO/c1-4-10-13(2,3)11-12-8-6-5-7-9-12;1-2-3(4)5/h5-9H,4,10-11H2,1-3H3;2H,1H2,(H2,4,5)/q+1;. The van der Waals surface area contributed by atoms with E-state index in [1.54, 1.807) is 0 Å². The smallest absolute Gasteiger partial charge is 0.240 e. The molecule has 0 aliphatic carbocycles. The van der Waals surface area contributed by atoms with Crippen molar-refractivity contribution >= 4 is 5.91 Å². The number of amides is 1. The van der Waals surface area contributed by atoms with E-state index >= 15 is 0 Å². The van der Waals surface area contributed by atoms with E-state index in [1.807, 2.05) is 0 Å². The third-order valence-electron chi connectivity index (χ3n) is 2.48. The number of nitrogens with two attached hydrogens (primary N) is 1. The highest BCUT2D eigenvalue weighted by atomic mass is 16.1. The Bertz CT molecular complexity index is 358. The van der Waals surface area contributed by atoms with Crippen LogP contribution < -0.4 is 5.73 Å². The van der Waals surface area contributed by atoms with Gasteiger partial charge in [-0.3, -0.25) is 4.79 Å². The molecule has 0 saturated carbocycles. The first-order chi connectivity index (χ1) is 8.41. The molecule has 0 saturated heterocycles. The maximum Gasteiger partial charge on any atom is 0.240 e. The zero-order valence-electron chi connectivity index (χ0n) is 11.7. The molecule has 0 aliphatic heterocycles. The molecule has 100 valence electrons.